The SMILES string of the molecule is O=C(CN1C(=O)NC2(CCc3ccccc32)C1=O)NCc1ccc(S(=O)(=O)N2CCOCC2)cc1. The first kappa shape index (κ1) is 23.5. The number of hydrogen-bond donors (Lipinski definition) is 2. The lowest BCUT2D eigenvalue weighted by Gasteiger charge is -2.26. The number of benzene rings is 2. The minimum absolute atomic E-state index is 0.133. The summed E-state index contributed by atoms with van der Waals surface area (Å²) in [6.07, 6.45) is 1.15. The second kappa shape index (κ2) is 9.06. The number of sulfonamides is 1. The van der Waals surface area contributed by atoms with Gasteiger partial charge in [0, 0.05) is 19.6 Å². The van der Waals surface area contributed by atoms with Gasteiger partial charge in [-0.25, -0.2) is 13.2 Å². The number of imide groups is 1. The molecule has 3 aliphatic rings. The van der Waals surface area contributed by atoms with Crippen LogP contribution in [0.25, 0.3) is 0 Å². The second-order valence-electron chi connectivity index (χ2n) is 8.82. The Hall–Kier alpha value is -3.28. The van der Waals surface area contributed by atoms with Crippen molar-refractivity contribution in [1.29, 1.82) is 0 Å². The van der Waals surface area contributed by atoms with E-state index in [1.165, 1.54) is 16.4 Å². The van der Waals surface area contributed by atoms with Gasteiger partial charge >= 0.3 is 6.03 Å². The Labute approximate surface area is 203 Å². The summed E-state index contributed by atoms with van der Waals surface area (Å²) in [5.41, 5.74) is 1.40. The molecule has 11 heteroatoms. The lowest BCUT2D eigenvalue weighted by molar-refractivity contribution is -0.135. The zero-order valence-corrected chi connectivity index (χ0v) is 19.8. The first-order valence-corrected chi connectivity index (χ1v) is 12.9. The van der Waals surface area contributed by atoms with E-state index in [9.17, 15) is 22.8 Å². The van der Waals surface area contributed by atoms with Gasteiger partial charge in [-0.05, 0) is 41.7 Å². The fourth-order valence-electron chi connectivity index (χ4n) is 4.85. The maximum absolute atomic E-state index is 13.2. The van der Waals surface area contributed by atoms with Gasteiger partial charge in [-0.2, -0.15) is 4.31 Å². The first-order valence-electron chi connectivity index (χ1n) is 11.5. The van der Waals surface area contributed by atoms with Gasteiger partial charge in [0.1, 0.15) is 12.1 Å². The van der Waals surface area contributed by atoms with E-state index in [4.69, 9.17) is 4.74 Å². The standard InChI is InChI=1S/C24H26N4O6S/c29-21(16-28-22(30)24(26-23(28)31)10-9-18-3-1-2-4-20(18)24)25-15-17-5-7-19(8-6-17)35(32,33)27-11-13-34-14-12-27/h1-8H,9-16H2,(H,25,29)(H,26,31). The largest absolute Gasteiger partial charge is 0.379 e. The molecule has 1 aliphatic carbocycles. The number of fused-ring (bicyclic) bond motifs is 2. The van der Waals surface area contributed by atoms with Gasteiger partial charge in [0.25, 0.3) is 5.91 Å². The number of nitrogens with zero attached hydrogens (tertiary/aromatic N) is 2. The van der Waals surface area contributed by atoms with E-state index < -0.39 is 40.0 Å². The van der Waals surface area contributed by atoms with Gasteiger partial charge in [0.05, 0.1) is 18.1 Å². The molecular weight excluding hydrogens is 472 g/mol. The number of nitrogens with one attached hydrogen (secondary N) is 2. The molecule has 1 atom stereocenters. The van der Waals surface area contributed by atoms with Crippen molar-refractivity contribution in [3.05, 3.63) is 65.2 Å². The number of carbonyl (C=O) groups excluding carboxylic acids is 3. The van der Waals surface area contributed by atoms with Crippen molar-refractivity contribution >= 4 is 27.9 Å². The number of morpholine rings is 1. The first-order chi connectivity index (χ1) is 16.8. The summed E-state index contributed by atoms with van der Waals surface area (Å²) in [6.45, 7) is 1.11. The number of rotatable bonds is 6. The van der Waals surface area contributed by atoms with E-state index in [0.29, 0.717) is 44.7 Å². The molecule has 0 aromatic heterocycles. The number of ether oxygens (including phenoxy) is 1. The summed E-state index contributed by atoms with van der Waals surface area (Å²) < 4.78 is 32.1. The molecule has 2 saturated heterocycles. The fourth-order valence-corrected chi connectivity index (χ4v) is 6.26. The Morgan fingerprint density at radius 3 is 2.51 bits per heavy atom. The Kier molecular flexibility index (Phi) is 6.07. The molecule has 0 saturated carbocycles. The fraction of sp³-hybridized carbons (Fsp3) is 0.375. The Balaban J connectivity index is 1.19. The number of hydrogen-bond acceptors (Lipinski definition) is 6. The van der Waals surface area contributed by atoms with Crippen LogP contribution in [-0.2, 0) is 42.9 Å². The molecule has 2 aromatic rings. The molecule has 1 spiro atoms. The average Bonchev–Trinajstić information content (AvgIpc) is 3.36. The van der Waals surface area contributed by atoms with E-state index in [2.05, 4.69) is 10.6 Å². The molecule has 2 aliphatic heterocycles. The zero-order chi connectivity index (χ0) is 24.6. The van der Waals surface area contributed by atoms with Crippen LogP contribution in [0.1, 0.15) is 23.1 Å². The van der Waals surface area contributed by atoms with Gasteiger partial charge in [-0.15, -0.1) is 0 Å². The van der Waals surface area contributed by atoms with Gasteiger partial charge in [-0.1, -0.05) is 36.4 Å². The number of aryl methyl sites for hydroxylation is 1. The quantitative estimate of drug-likeness (QED) is 0.566. The van der Waals surface area contributed by atoms with Crippen LogP contribution in [0.5, 0.6) is 0 Å². The van der Waals surface area contributed by atoms with E-state index in [1.54, 1.807) is 12.1 Å². The van der Waals surface area contributed by atoms with Crippen molar-refractivity contribution in [2.75, 3.05) is 32.8 Å². The van der Waals surface area contributed by atoms with Gasteiger partial charge in [-0.3, -0.25) is 14.5 Å². The summed E-state index contributed by atoms with van der Waals surface area (Å²) in [5, 5.41) is 5.50. The molecule has 2 aromatic carbocycles. The van der Waals surface area contributed by atoms with E-state index in [0.717, 1.165) is 16.0 Å². The lowest BCUT2D eigenvalue weighted by Crippen LogP contribution is -2.43. The minimum atomic E-state index is -3.59. The van der Waals surface area contributed by atoms with Gasteiger partial charge < -0.3 is 15.4 Å². The predicted octanol–water partition coefficient (Wildman–Crippen LogP) is 0.717. The van der Waals surface area contributed by atoms with Crippen LogP contribution < -0.4 is 10.6 Å². The van der Waals surface area contributed by atoms with Gasteiger partial charge in [0.15, 0.2) is 0 Å². The topological polar surface area (TPSA) is 125 Å². The van der Waals surface area contributed by atoms with Crippen LogP contribution in [0, 0.1) is 0 Å². The Morgan fingerprint density at radius 1 is 1.06 bits per heavy atom. The van der Waals surface area contributed by atoms with Crippen LogP contribution in [0.2, 0.25) is 0 Å². The third kappa shape index (κ3) is 4.19. The Morgan fingerprint density at radius 2 is 1.77 bits per heavy atom. The molecule has 0 bridgehead atoms. The van der Waals surface area contributed by atoms with Crippen LogP contribution in [0.15, 0.2) is 53.4 Å². The highest BCUT2D eigenvalue weighted by atomic mass is 32.2. The van der Waals surface area contributed by atoms with Crippen LogP contribution in [0.4, 0.5) is 4.79 Å². The summed E-state index contributed by atoms with van der Waals surface area (Å²) in [7, 11) is -3.59. The number of urea groups is 1. The number of amides is 4. The van der Waals surface area contributed by atoms with Crippen molar-refractivity contribution < 1.29 is 27.5 Å². The predicted molar refractivity (Wildman–Crippen MR) is 125 cm³/mol. The lowest BCUT2D eigenvalue weighted by atomic mass is 9.92. The molecule has 2 fully saturated rings. The molecule has 10 nitrogen and oxygen atoms in total. The van der Waals surface area contributed by atoms with Crippen LogP contribution in [-0.4, -0.2) is 68.3 Å². The summed E-state index contributed by atoms with van der Waals surface area (Å²) in [6, 6.07) is 13.2. The normalized spacial score (nSPS) is 22.3. The highest BCUT2D eigenvalue weighted by molar-refractivity contribution is 7.89. The average molecular weight is 499 g/mol. The van der Waals surface area contributed by atoms with Crippen molar-refractivity contribution in [3.63, 3.8) is 0 Å². The van der Waals surface area contributed by atoms with E-state index in [1.807, 2.05) is 24.3 Å². The van der Waals surface area contributed by atoms with Crippen molar-refractivity contribution in [3.8, 4) is 0 Å². The summed E-state index contributed by atoms with van der Waals surface area (Å²) >= 11 is 0. The van der Waals surface area contributed by atoms with E-state index in [-0.39, 0.29) is 11.4 Å². The maximum Gasteiger partial charge on any atom is 0.325 e. The van der Waals surface area contributed by atoms with Crippen molar-refractivity contribution in [2.24, 2.45) is 0 Å². The highest BCUT2D eigenvalue weighted by Crippen LogP contribution is 2.41. The number of carbonyl (C=O) groups is 3. The van der Waals surface area contributed by atoms with Gasteiger partial charge in [0.2, 0.25) is 15.9 Å². The molecule has 1 unspecified atom stereocenters. The zero-order valence-electron chi connectivity index (χ0n) is 19.0. The maximum atomic E-state index is 13.2. The molecule has 4 amide bonds. The van der Waals surface area contributed by atoms with Crippen LogP contribution in [0.3, 0.4) is 0 Å². The smallest absolute Gasteiger partial charge is 0.325 e. The van der Waals surface area contributed by atoms with Crippen molar-refractivity contribution in [2.45, 2.75) is 29.8 Å². The Bertz CT molecular complexity index is 1270. The minimum Gasteiger partial charge on any atom is -0.379 e. The molecule has 35 heavy (non-hydrogen) atoms. The molecule has 2 heterocycles. The summed E-state index contributed by atoms with van der Waals surface area (Å²) in [4.78, 5) is 39.4. The molecule has 5 rings (SSSR count). The third-order valence-corrected chi connectivity index (χ3v) is 8.66. The van der Waals surface area contributed by atoms with Crippen molar-refractivity contribution in [1.82, 2.24) is 19.8 Å². The van der Waals surface area contributed by atoms with Crippen LogP contribution >= 0.6 is 0 Å². The van der Waals surface area contributed by atoms with E-state index >= 15 is 0 Å². The third-order valence-electron chi connectivity index (χ3n) is 6.74. The highest BCUT2D eigenvalue weighted by Gasteiger charge is 2.55. The molecule has 0 radical (unpaired) electrons. The molecule has 184 valence electrons. The molecular formula is C24H26N4O6S. The summed E-state index contributed by atoms with van der Waals surface area (Å²) in [5.74, 6) is -0.901. The monoisotopic (exact) mass is 498 g/mol. The second-order valence-corrected chi connectivity index (χ2v) is 10.8. The molecule has 2 N–H and O–H groups in total.